The monoisotopic (exact) mass is 657 g/mol. The second-order valence-corrected chi connectivity index (χ2v) is 10.7. The van der Waals surface area contributed by atoms with Crippen molar-refractivity contribution < 1.29 is 57.2 Å². The number of likely N-dealkylation sites (tertiary alicyclic amines) is 1. The van der Waals surface area contributed by atoms with Gasteiger partial charge in [0, 0.05) is 17.8 Å². The van der Waals surface area contributed by atoms with E-state index in [1.54, 1.807) is 0 Å². The van der Waals surface area contributed by atoms with Gasteiger partial charge in [-0.2, -0.15) is 13.2 Å². The Morgan fingerprint density at radius 3 is 2.23 bits per heavy atom. The van der Waals surface area contributed by atoms with Gasteiger partial charge in [0.2, 0.25) is 5.91 Å². The number of carbonyl (C=O) groups excluding carboxylic acids is 4. The van der Waals surface area contributed by atoms with Crippen LogP contribution in [-0.2, 0) is 25.5 Å². The molecule has 3 aromatic rings. The molecule has 15 heteroatoms. The molecule has 0 spiro atoms. The van der Waals surface area contributed by atoms with Crippen molar-refractivity contribution in [3.8, 4) is 11.5 Å². The second kappa shape index (κ2) is 14.3. The number of carboxylic acid groups (broad SMARTS) is 1. The Morgan fingerprint density at radius 1 is 0.936 bits per heavy atom. The SMILES string of the molecule is NCC(=O)N1CCC[C@H]1C(=O)OC[C@H](Cc1ccccc1)Nc1ccc(O)c2c1C(=O)c1c(O)cccc1C2=O.O=C(O)C(F)(F)F. The summed E-state index contributed by atoms with van der Waals surface area (Å²) in [5, 5.41) is 31.3. The zero-order valence-corrected chi connectivity index (χ0v) is 24.6. The number of nitrogens with one attached hydrogen (secondary N) is 1. The number of amides is 1. The molecule has 0 bridgehead atoms. The quantitative estimate of drug-likeness (QED) is 0.138. The Labute approximate surface area is 265 Å². The van der Waals surface area contributed by atoms with Crippen molar-refractivity contribution in [2.75, 3.05) is 25.0 Å². The lowest BCUT2D eigenvalue weighted by Crippen LogP contribution is -2.45. The highest BCUT2D eigenvalue weighted by atomic mass is 19.4. The van der Waals surface area contributed by atoms with Crippen molar-refractivity contribution in [2.45, 2.75) is 37.5 Å². The molecule has 6 N–H and O–H groups in total. The second-order valence-electron chi connectivity index (χ2n) is 10.7. The van der Waals surface area contributed by atoms with Gasteiger partial charge in [0.1, 0.15) is 24.1 Å². The Balaban J connectivity index is 0.000000644. The number of rotatable bonds is 8. The molecule has 1 saturated heterocycles. The van der Waals surface area contributed by atoms with Crippen molar-refractivity contribution >= 4 is 35.1 Å². The minimum atomic E-state index is -5.08. The van der Waals surface area contributed by atoms with E-state index in [2.05, 4.69) is 5.32 Å². The molecule has 0 radical (unpaired) electrons. The summed E-state index contributed by atoms with van der Waals surface area (Å²) >= 11 is 0. The minimum Gasteiger partial charge on any atom is -0.507 e. The first-order valence-corrected chi connectivity index (χ1v) is 14.3. The van der Waals surface area contributed by atoms with Gasteiger partial charge in [-0.05, 0) is 43.0 Å². The molecule has 0 saturated carbocycles. The third-order valence-corrected chi connectivity index (χ3v) is 7.53. The summed E-state index contributed by atoms with van der Waals surface area (Å²) in [6.45, 7) is 0.138. The molecule has 2 atom stereocenters. The van der Waals surface area contributed by atoms with Crippen LogP contribution in [0.2, 0.25) is 0 Å². The fourth-order valence-corrected chi connectivity index (χ4v) is 5.38. The van der Waals surface area contributed by atoms with Crippen LogP contribution in [0.4, 0.5) is 18.9 Å². The molecule has 2 aliphatic rings. The van der Waals surface area contributed by atoms with Crippen molar-refractivity contribution in [2.24, 2.45) is 5.73 Å². The van der Waals surface area contributed by atoms with Crippen LogP contribution in [0.25, 0.3) is 0 Å². The molecule has 0 aromatic heterocycles. The Bertz CT molecular complexity index is 1700. The highest BCUT2D eigenvalue weighted by Crippen LogP contribution is 2.40. The summed E-state index contributed by atoms with van der Waals surface area (Å²) in [5.74, 6) is -5.51. The Hall–Kier alpha value is -5.44. The third-order valence-electron chi connectivity index (χ3n) is 7.53. The molecule has 1 heterocycles. The Kier molecular flexibility index (Phi) is 10.5. The summed E-state index contributed by atoms with van der Waals surface area (Å²) in [4.78, 5) is 62.3. The first-order valence-electron chi connectivity index (χ1n) is 14.3. The number of anilines is 1. The maximum atomic E-state index is 13.6. The fourth-order valence-electron chi connectivity index (χ4n) is 5.38. The van der Waals surface area contributed by atoms with Gasteiger partial charge in [0.25, 0.3) is 0 Å². The molecule has 47 heavy (non-hydrogen) atoms. The van der Waals surface area contributed by atoms with Crippen molar-refractivity contribution in [1.82, 2.24) is 4.90 Å². The van der Waals surface area contributed by atoms with Crippen LogP contribution in [0.15, 0.2) is 60.7 Å². The number of nitrogens with two attached hydrogens (primary N) is 1. The normalized spacial score (nSPS) is 15.9. The van der Waals surface area contributed by atoms with E-state index in [1.807, 2.05) is 30.3 Å². The predicted octanol–water partition coefficient (Wildman–Crippen LogP) is 3.02. The number of phenolic OH excluding ortho intramolecular Hbond substituents is 2. The number of benzene rings is 3. The van der Waals surface area contributed by atoms with Crippen LogP contribution in [0.5, 0.6) is 11.5 Å². The van der Waals surface area contributed by atoms with Gasteiger partial charge in [-0.25, -0.2) is 9.59 Å². The summed E-state index contributed by atoms with van der Waals surface area (Å²) in [6.07, 6.45) is -3.54. The number of aliphatic carboxylic acids is 1. The molecule has 248 valence electrons. The summed E-state index contributed by atoms with van der Waals surface area (Å²) in [5.41, 5.74) is 6.31. The van der Waals surface area contributed by atoms with Crippen molar-refractivity contribution in [1.29, 1.82) is 0 Å². The van der Waals surface area contributed by atoms with E-state index in [0.29, 0.717) is 25.8 Å². The molecule has 5 rings (SSSR count). The number of halogens is 3. The van der Waals surface area contributed by atoms with Gasteiger partial charge in [-0.15, -0.1) is 0 Å². The maximum absolute atomic E-state index is 13.6. The van der Waals surface area contributed by atoms with Gasteiger partial charge >= 0.3 is 18.1 Å². The largest absolute Gasteiger partial charge is 0.507 e. The van der Waals surface area contributed by atoms with E-state index in [0.717, 1.165) is 5.56 Å². The van der Waals surface area contributed by atoms with Crippen LogP contribution in [-0.4, -0.2) is 87.6 Å². The molecule has 1 aliphatic heterocycles. The molecule has 1 aliphatic carbocycles. The van der Waals surface area contributed by atoms with Gasteiger partial charge in [0.05, 0.1) is 29.3 Å². The minimum absolute atomic E-state index is 0.00728. The van der Waals surface area contributed by atoms with Crippen LogP contribution in [0, 0.1) is 0 Å². The smallest absolute Gasteiger partial charge is 0.490 e. The molecular weight excluding hydrogens is 627 g/mol. The number of alkyl halides is 3. The zero-order chi connectivity index (χ0) is 34.5. The number of carbonyl (C=O) groups is 5. The molecule has 1 amide bonds. The lowest BCUT2D eigenvalue weighted by Gasteiger charge is -2.27. The zero-order valence-electron chi connectivity index (χ0n) is 24.6. The first kappa shape index (κ1) is 34.4. The number of hydrogen-bond acceptors (Lipinski definition) is 10. The number of esters is 1. The van der Waals surface area contributed by atoms with Gasteiger partial charge in [-0.3, -0.25) is 14.4 Å². The van der Waals surface area contributed by atoms with Crippen LogP contribution in [0.1, 0.15) is 50.2 Å². The first-order chi connectivity index (χ1) is 22.2. The van der Waals surface area contributed by atoms with E-state index in [-0.39, 0.29) is 58.5 Å². The number of fused-ring (bicyclic) bond motifs is 2. The molecule has 0 unspecified atom stereocenters. The van der Waals surface area contributed by atoms with Crippen LogP contribution < -0.4 is 11.1 Å². The maximum Gasteiger partial charge on any atom is 0.490 e. The summed E-state index contributed by atoms with van der Waals surface area (Å²) in [7, 11) is 0. The van der Waals surface area contributed by atoms with Crippen molar-refractivity contribution in [3.63, 3.8) is 0 Å². The lowest BCUT2D eigenvalue weighted by molar-refractivity contribution is -0.192. The highest BCUT2D eigenvalue weighted by molar-refractivity contribution is 6.31. The summed E-state index contributed by atoms with van der Waals surface area (Å²) < 4.78 is 37.4. The molecule has 1 fully saturated rings. The average Bonchev–Trinajstić information content (AvgIpc) is 3.53. The number of nitrogens with zero attached hydrogens (tertiary/aromatic N) is 1. The number of aromatic hydroxyl groups is 2. The molecule has 12 nitrogen and oxygen atoms in total. The van der Waals surface area contributed by atoms with Crippen LogP contribution >= 0.6 is 0 Å². The topological polar surface area (TPSA) is 197 Å². The molecular formula is C32H30F3N3O9. The number of ether oxygens (including phenoxy) is 1. The third kappa shape index (κ3) is 7.69. The average molecular weight is 658 g/mol. The van der Waals surface area contributed by atoms with E-state index < -0.39 is 41.8 Å². The van der Waals surface area contributed by atoms with E-state index >= 15 is 0 Å². The van der Waals surface area contributed by atoms with Crippen LogP contribution in [0.3, 0.4) is 0 Å². The summed E-state index contributed by atoms with van der Waals surface area (Å²) in [6, 6.07) is 15.2. The number of phenols is 2. The predicted molar refractivity (Wildman–Crippen MR) is 159 cm³/mol. The molecule has 3 aromatic carbocycles. The number of carboxylic acids is 1. The standard InChI is InChI=1S/C30H29N3O7.C2HF3O2/c31-15-24(36)33-13-5-9-21(33)30(39)40-16-18(14-17-6-2-1-3-7-17)32-20-11-12-23(35)27-26(20)29(38)25-19(28(27)37)8-4-10-22(25)34;3-2(4,5)1(6)7/h1-4,6-8,10-12,18,21,32,34-35H,5,9,13-16,31H2;(H,6,7)/t18-,21-;/m0./s1. The Morgan fingerprint density at radius 2 is 1.60 bits per heavy atom. The number of ketones is 2. The highest BCUT2D eigenvalue weighted by Gasteiger charge is 2.39. The van der Waals surface area contributed by atoms with Crippen molar-refractivity contribution in [3.05, 3.63) is 88.5 Å². The van der Waals surface area contributed by atoms with Gasteiger partial charge in [-0.1, -0.05) is 42.5 Å². The van der Waals surface area contributed by atoms with E-state index in [1.165, 1.54) is 35.2 Å². The van der Waals surface area contributed by atoms with Gasteiger partial charge in [0.15, 0.2) is 11.6 Å². The van der Waals surface area contributed by atoms with E-state index in [4.69, 9.17) is 20.4 Å². The fraction of sp³-hybridized carbons (Fsp3) is 0.281. The number of hydrogen-bond donors (Lipinski definition) is 5. The van der Waals surface area contributed by atoms with E-state index in [9.17, 15) is 42.6 Å². The lowest BCUT2D eigenvalue weighted by atomic mass is 9.82. The van der Waals surface area contributed by atoms with Gasteiger partial charge < -0.3 is 36.0 Å².